The first kappa shape index (κ1) is 11.9. The molecule has 0 aromatic heterocycles. The fraction of sp³-hybridized carbons (Fsp3) is 0.133. The molecule has 2 rings (SSSR count). The molecular formula is C15H12BrN. The number of rotatable bonds is 2. The number of aryl methyl sites for hydroxylation is 1. The van der Waals surface area contributed by atoms with Crippen molar-refractivity contribution in [2.75, 3.05) is 0 Å². The van der Waals surface area contributed by atoms with Gasteiger partial charge in [0.2, 0.25) is 0 Å². The van der Waals surface area contributed by atoms with Gasteiger partial charge in [-0.1, -0.05) is 52.3 Å². The van der Waals surface area contributed by atoms with E-state index in [0.29, 0.717) is 0 Å². The average Bonchev–Trinajstić information content (AvgIpc) is 2.35. The van der Waals surface area contributed by atoms with Gasteiger partial charge in [-0.3, -0.25) is 0 Å². The van der Waals surface area contributed by atoms with Gasteiger partial charge in [-0.2, -0.15) is 5.26 Å². The molecule has 2 heteroatoms. The van der Waals surface area contributed by atoms with Gasteiger partial charge in [-0.25, -0.2) is 0 Å². The zero-order chi connectivity index (χ0) is 12.3. The van der Waals surface area contributed by atoms with E-state index in [1.807, 2.05) is 55.5 Å². The second-order valence-corrected chi connectivity index (χ2v) is 4.89. The molecule has 84 valence electrons. The molecule has 2 aromatic rings. The van der Waals surface area contributed by atoms with Gasteiger partial charge < -0.3 is 0 Å². The van der Waals surface area contributed by atoms with Gasteiger partial charge >= 0.3 is 0 Å². The van der Waals surface area contributed by atoms with Crippen LogP contribution in [0.5, 0.6) is 0 Å². The molecule has 1 unspecified atom stereocenters. The van der Waals surface area contributed by atoms with Crippen molar-refractivity contribution in [1.29, 1.82) is 5.26 Å². The summed E-state index contributed by atoms with van der Waals surface area (Å²) in [6, 6.07) is 18.3. The van der Waals surface area contributed by atoms with Gasteiger partial charge in [0.15, 0.2) is 0 Å². The molecule has 0 amide bonds. The van der Waals surface area contributed by atoms with E-state index in [9.17, 15) is 5.26 Å². The molecule has 0 radical (unpaired) electrons. The van der Waals surface area contributed by atoms with Gasteiger partial charge in [0, 0.05) is 4.47 Å². The molecule has 0 saturated heterocycles. The minimum atomic E-state index is -0.190. The smallest absolute Gasteiger partial charge is 0.0965 e. The van der Waals surface area contributed by atoms with Crippen LogP contribution < -0.4 is 0 Å². The SMILES string of the molecule is Cc1ccccc1C(C#N)c1ccc(Br)cc1. The molecule has 2 aromatic carbocycles. The Morgan fingerprint density at radius 2 is 1.71 bits per heavy atom. The summed E-state index contributed by atoms with van der Waals surface area (Å²) in [6.45, 7) is 2.04. The largest absolute Gasteiger partial charge is 0.197 e. The van der Waals surface area contributed by atoms with E-state index in [-0.39, 0.29) is 5.92 Å². The van der Waals surface area contributed by atoms with Crippen LogP contribution in [0.1, 0.15) is 22.6 Å². The fourth-order valence-electron chi connectivity index (χ4n) is 1.89. The molecule has 0 aliphatic carbocycles. The average molecular weight is 286 g/mol. The summed E-state index contributed by atoms with van der Waals surface area (Å²) < 4.78 is 1.03. The van der Waals surface area contributed by atoms with E-state index >= 15 is 0 Å². The van der Waals surface area contributed by atoms with Crippen molar-refractivity contribution < 1.29 is 0 Å². The highest BCUT2D eigenvalue weighted by Crippen LogP contribution is 2.27. The Balaban J connectivity index is 2.45. The van der Waals surface area contributed by atoms with Gasteiger partial charge in [-0.15, -0.1) is 0 Å². The van der Waals surface area contributed by atoms with Crippen LogP contribution in [0.15, 0.2) is 53.0 Å². The fourth-order valence-corrected chi connectivity index (χ4v) is 2.15. The minimum absolute atomic E-state index is 0.190. The maximum atomic E-state index is 9.36. The van der Waals surface area contributed by atoms with Crippen molar-refractivity contribution in [3.8, 4) is 6.07 Å². The molecule has 0 fully saturated rings. The van der Waals surface area contributed by atoms with Crippen molar-refractivity contribution in [1.82, 2.24) is 0 Å². The van der Waals surface area contributed by atoms with Crippen LogP contribution in [0.2, 0.25) is 0 Å². The van der Waals surface area contributed by atoms with E-state index in [0.717, 1.165) is 21.2 Å². The molecule has 0 bridgehead atoms. The molecule has 0 aliphatic heterocycles. The molecular weight excluding hydrogens is 274 g/mol. The Kier molecular flexibility index (Phi) is 3.61. The van der Waals surface area contributed by atoms with E-state index < -0.39 is 0 Å². The number of hydrogen-bond acceptors (Lipinski definition) is 1. The first-order chi connectivity index (χ1) is 8.22. The number of hydrogen-bond donors (Lipinski definition) is 0. The quantitative estimate of drug-likeness (QED) is 0.802. The van der Waals surface area contributed by atoms with E-state index in [4.69, 9.17) is 0 Å². The Labute approximate surface area is 110 Å². The Bertz CT molecular complexity index is 552. The van der Waals surface area contributed by atoms with Gasteiger partial charge in [0.1, 0.15) is 0 Å². The van der Waals surface area contributed by atoms with Crippen molar-refractivity contribution in [3.63, 3.8) is 0 Å². The van der Waals surface area contributed by atoms with Crippen LogP contribution in [-0.2, 0) is 0 Å². The second kappa shape index (κ2) is 5.16. The van der Waals surface area contributed by atoms with Crippen LogP contribution in [0.25, 0.3) is 0 Å². The summed E-state index contributed by atoms with van der Waals surface area (Å²) in [5, 5.41) is 9.36. The molecule has 0 saturated carbocycles. The number of nitrogens with zero attached hydrogens (tertiary/aromatic N) is 1. The topological polar surface area (TPSA) is 23.8 Å². The Morgan fingerprint density at radius 1 is 1.06 bits per heavy atom. The van der Waals surface area contributed by atoms with Gasteiger partial charge in [0.05, 0.1) is 12.0 Å². The third-order valence-corrected chi connectivity index (χ3v) is 3.36. The first-order valence-electron chi connectivity index (χ1n) is 5.43. The van der Waals surface area contributed by atoms with Crippen molar-refractivity contribution >= 4 is 15.9 Å². The molecule has 1 nitrogen and oxygen atoms in total. The van der Waals surface area contributed by atoms with Crippen LogP contribution >= 0.6 is 15.9 Å². The Hall–Kier alpha value is -1.59. The maximum absolute atomic E-state index is 9.36. The first-order valence-corrected chi connectivity index (χ1v) is 6.22. The van der Waals surface area contributed by atoms with Crippen LogP contribution in [0.3, 0.4) is 0 Å². The molecule has 0 aliphatic rings. The number of halogens is 1. The van der Waals surface area contributed by atoms with Crippen LogP contribution in [0, 0.1) is 18.3 Å². The monoisotopic (exact) mass is 285 g/mol. The van der Waals surface area contributed by atoms with Gasteiger partial charge in [0.25, 0.3) is 0 Å². The highest BCUT2D eigenvalue weighted by molar-refractivity contribution is 9.10. The Morgan fingerprint density at radius 3 is 2.29 bits per heavy atom. The highest BCUT2D eigenvalue weighted by atomic mass is 79.9. The third-order valence-electron chi connectivity index (χ3n) is 2.83. The summed E-state index contributed by atoms with van der Waals surface area (Å²) in [7, 11) is 0. The number of nitriles is 1. The van der Waals surface area contributed by atoms with Crippen LogP contribution in [-0.4, -0.2) is 0 Å². The lowest BCUT2D eigenvalue weighted by molar-refractivity contribution is 1.02. The lowest BCUT2D eigenvalue weighted by Crippen LogP contribution is -2.00. The predicted molar refractivity (Wildman–Crippen MR) is 72.8 cm³/mol. The summed E-state index contributed by atoms with van der Waals surface area (Å²) >= 11 is 3.40. The molecule has 0 spiro atoms. The minimum Gasteiger partial charge on any atom is -0.197 e. The van der Waals surface area contributed by atoms with Crippen LogP contribution in [0.4, 0.5) is 0 Å². The lowest BCUT2D eigenvalue weighted by atomic mass is 9.90. The van der Waals surface area contributed by atoms with E-state index in [1.54, 1.807) is 0 Å². The van der Waals surface area contributed by atoms with E-state index in [2.05, 4.69) is 22.0 Å². The summed E-state index contributed by atoms with van der Waals surface area (Å²) in [6.07, 6.45) is 0. The van der Waals surface area contributed by atoms with Crippen molar-refractivity contribution in [3.05, 3.63) is 69.7 Å². The summed E-state index contributed by atoms with van der Waals surface area (Å²) in [5.74, 6) is -0.190. The second-order valence-electron chi connectivity index (χ2n) is 3.97. The van der Waals surface area contributed by atoms with E-state index in [1.165, 1.54) is 0 Å². The highest BCUT2D eigenvalue weighted by Gasteiger charge is 2.14. The molecule has 0 heterocycles. The summed E-state index contributed by atoms with van der Waals surface area (Å²) in [4.78, 5) is 0. The zero-order valence-corrected chi connectivity index (χ0v) is 11.1. The molecule has 17 heavy (non-hydrogen) atoms. The maximum Gasteiger partial charge on any atom is 0.0965 e. The van der Waals surface area contributed by atoms with Crippen molar-refractivity contribution in [2.24, 2.45) is 0 Å². The number of benzene rings is 2. The normalized spacial score (nSPS) is 11.8. The van der Waals surface area contributed by atoms with Gasteiger partial charge in [-0.05, 0) is 35.7 Å². The lowest BCUT2D eigenvalue weighted by Gasteiger charge is -2.12. The summed E-state index contributed by atoms with van der Waals surface area (Å²) in [5.41, 5.74) is 3.27. The molecule has 0 N–H and O–H groups in total. The standard InChI is InChI=1S/C15H12BrN/c1-11-4-2-3-5-14(11)15(10-17)12-6-8-13(16)9-7-12/h2-9,15H,1H3. The van der Waals surface area contributed by atoms with Crippen molar-refractivity contribution in [2.45, 2.75) is 12.8 Å². The zero-order valence-electron chi connectivity index (χ0n) is 9.52. The third kappa shape index (κ3) is 2.57. The predicted octanol–water partition coefficient (Wildman–Crippen LogP) is 4.41. The molecule has 1 atom stereocenters.